The molecular weight excluding hydrogens is 536 g/mol. The summed E-state index contributed by atoms with van der Waals surface area (Å²) in [5, 5.41) is 0. The van der Waals surface area contributed by atoms with Gasteiger partial charge in [-0.1, -0.05) is 156 Å². The molecule has 0 aromatic heterocycles. The van der Waals surface area contributed by atoms with Gasteiger partial charge in [0, 0.05) is 52.4 Å². The van der Waals surface area contributed by atoms with Crippen LogP contribution in [0.1, 0.15) is 182 Å². The van der Waals surface area contributed by atoms with Crippen molar-refractivity contribution in [2.75, 3.05) is 78.5 Å². The summed E-state index contributed by atoms with van der Waals surface area (Å²) in [5.41, 5.74) is 0. The first kappa shape index (κ1) is 41.9. The van der Waals surface area contributed by atoms with Crippen LogP contribution in [-0.2, 0) is 0 Å². The highest BCUT2D eigenvalue weighted by Gasteiger charge is 2.16. The zero-order valence-corrected chi connectivity index (χ0v) is 31.2. The average molecular weight is 621 g/mol. The highest BCUT2D eigenvalue weighted by atomic mass is 15.3. The molecule has 1 heterocycles. The fraction of sp³-hybridized carbons (Fsp3) is 1.00. The van der Waals surface area contributed by atoms with Crippen molar-refractivity contribution in [2.45, 2.75) is 182 Å². The summed E-state index contributed by atoms with van der Waals surface area (Å²) in [5.74, 6) is 0. The minimum atomic E-state index is 1.27. The van der Waals surface area contributed by atoms with Crippen molar-refractivity contribution in [3.8, 4) is 0 Å². The zero-order valence-electron chi connectivity index (χ0n) is 31.2. The molecule has 0 aromatic rings. The Hall–Kier alpha value is -0.160. The van der Waals surface area contributed by atoms with Crippen molar-refractivity contribution >= 4 is 0 Å². The van der Waals surface area contributed by atoms with Crippen LogP contribution in [0.3, 0.4) is 0 Å². The van der Waals surface area contributed by atoms with Gasteiger partial charge >= 0.3 is 0 Å². The summed E-state index contributed by atoms with van der Waals surface area (Å²) in [6.45, 7) is 24.7. The summed E-state index contributed by atoms with van der Waals surface area (Å²) < 4.78 is 0. The van der Waals surface area contributed by atoms with E-state index in [4.69, 9.17) is 0 Å². The standard InChI is InChI=1S/C40H84N4/c1-5-9-13-17-21-25-29-41-33-35-42(30-26-22-18-14-10-6-2)37-39-44(32-28-24-20-16-12-8-4)40-38-43(36-34-41)31-27-23-19-15-11-7-3/h5-40H2,1-4H3. The Labute approximate surface area is 279 Å². The lowest BCUT2D eigenvalue weighted by Crippen LogP contribution is -2.46. The maximum absolute atomic E-state index is 2.86. The van der Waals surface area contributed by atoms with E-state index in [2.05, 4.69) is 47.3 Å². The SMILES string of the molecule is CCCCCCCCN1CCN(CCCCCCCC)CCN(CCCCCCCC)CCN(CCCCCCCC)CC1. The topological polar surface area (TPSA) is 13.0 Å². The lowest BCUT2D eigenvalue weighted by atomic mass is 10.1. The van der Waals surface area contributed by atoms with Crippen molar-refractivity contribution in [3.05, 3.63) is 0 Å². The number of nitrogens with zero attached hydrogens (tertiary/aromatic N) is 4. The van der Waals surface area contributed by atoms with Gasteiger partial charge in [-0.25, -0.2) is 0 Å². The maximum atomic E-state index is 2.86. The van der Waals surface area contributed by atoms with Crippen LogP contribution in [0.4, 0.5) is 0 Å². The molecule has 1 aliphatic heterocycles. The van der Waals surface area contributed by atoms with Crippen molar-refractivity contribution in [3.63, 3.8) is 0 Å². The first-order chi connectivity index (χ1) is 21.7. The summed E-state index contributed by atoms with van der Waals surface area (Å²) >= 11 is 0. The molecule has 4 heteroatoms. The molecule has 0 aliphatic carbocycles. The van der Waals surface area contributed by atoms with Crippen LogP contribution in [-0.4, -0.2) is 98.1 Å². The fourth-order valence-electron chi connectivity index (χ4n) is 6.94. The Kier molecular flexibility index (Phi) is 31.2. The van der Waals surface area contributed by atoms with Gasteiger partial charge in [-0.2, -0.15) is 0 Å². The largest absolute Gasteiger partial charge is 0.301 e. The molecule has 0 N–H and O–H groups in total. The lowest BCUT2D eigenvalue weighted by Gasteiger charge is -2.34. The predicted molar refractivity (Wildman–Crippen MR) is 199 cm³/mol. The Balaban J connectivity index is 2.77. The van der Waals surface area contributed by atoms with E-state index in [-0.39, 0.29) is 0 Å². The molecule has 1 aliphatic rings. The molecule has 1 rings (SSSR count). The van der Waals surface area contributed by atoms with Gasteiger partial charge in [0.25, 0.3) is 0 Å². The molecule has 0 amide bonds. The van der Waals surface area contributed by atoms with Gasteiger partial charge in [0.2, 0.25) is 0 Å². The minimum absolute atomic E-state index is 1.27. The van der Waals surface area contributed by atoms with Crippen molar-refractivity contribution < 1.29 is 0 Å². The van der Waals surface area contributed by atoms with Crippen LogP contribution in [0.2, 0.25) is 0 Å². The normalized spacial score (nSPS) is 17.2. The second kappa shape index (κ2) is 32.8. The Morgan fingerprint density at radius 1 is 0.227 bits per heavy atom. The van der Waals surface area contributed by atoms with Gasteiger partial charge in [0.15, 0.2) is 0 Å². The van der Waals surface area contributed by atoms with E-state index in [0.29, 0.717) is 0 Å². The van der Waals surface area contributed by atoms with E-state index < -0.39 is 0 Å². The van der Waals surface area contributed by atoms with Crippen molar-refractivity contribution in [1.29, 1.82) is 0 Å². The molecule has 0 unspecified atom stereocenters. The first-order valence-corrected chi connectivity index (χ1v) is 20.6. The molecule has 0 radical (unpaired) electrons. The molecule has 4 nitrogen and oxygen atoms in total. The fourth-order valence-corrected chi connectivity index (χ4v) is 6.94. The third-order valence-electron chi connectivity index (χ3n) is 10.2. The summed E-state index contributed by atoms with van der Waals surface area (Å²) in [4.78, 5) is 11.4. The van der Waals surface area contributed by atoms with Crippen LogP contribution in [0.15, 0.2) is 0 Å². The Morgan fingerprint density at radius 2 is 0.386 bits per heavy atom. The van der Waals surface area contributed by atoms with E-state index in [1.54, 1.807) is 0 Å². The monoisotopic (exact) mass is 621 g/mol. The Bertz CT molecular complexity index is 443. The lowest BCUT2D eigenvalue weighted by molar-refractivity contribution is 0.129. The van der Waals surface area contributed by atoms with Crippen LogP contribution in [0.5, 0.6) is 0 Å². The number of unbranched alkanes of at least 4 members (excludes halogenated alkanes) is 20. The average Bonchev–Trinajstić information content (AvgIpc) is 3.03. The molecule has 44 heavy (non-hydrogen) atoms. The molecule has 0 aromatic carbocycles. The zero-order chi connectivity index (χ0) is 31.8. The van der Waals surface area contributed by atoms with Gasteiger partial charge in [0.1, 0.15) is 0 Å². The first-order valence-electron chi connectivity index (χ1n) is 20.6. The van der Waals surface area contributed by atoms with E-state index in [0.717, 1.165) is 0 Å². The van der Waals surface area contributed by atoms with Gasteiger partial charge in [-0.15, -0.1) is 0 Å². The van der Waals surface area contributed by atoms with Gasteiger partial charge in [-0.3, -0.25) is 0 Å². The number of hydrogen-bond donors (Lipinski definition) is 0. The minimum Gasteiger partial charge on any atom is -0.301 e. The van der Waals surface area contributed by atoms with Gasteiger partial charge < -0.3 is 19.6 Å². The van der Waals surface area contributed by atoms with E-state index in [1.165, 1.54) is 233 Å². The third-order valence-corrected chi connectivity index (χ3v) is 10.2. The molecule has 1 saturated heterocycles. The number of hydrogen-bond acceptors (Lipinski definition) is 4. The molecule has 264 valence electrons. The maximum Gasteiger partial charge on any atom is 0.0110 e. The smallest absolute Gasteiger partial charge is 0.0110 e. The second-order valence-electron chi connectivity index (χ2n) is 14.4. The Morgan fingerprint density at radius 3 is 0.568 bits per heavy atom. The predicted octanol–water partition coefficient (Wildman–Crippen LogP) is 10.6. The van der Waals surface area contributed by atoms with Crippen LogP contribution >= 0.6 is 0 Å². The molecule has 0 saturated carbocycles. The van der Waals surface area contributed by atoms with Gasteiger partial charge in [-0.05, 0) is 51.9 Å². The molecular formula is C40H84N4. The van der Waals surface area contributed by atoms with E-state index >= 15 is 0 Å². The van der Waals surface area contributed by atoms with Crippen molar-refractivity contribution in [2.24, 2.45) is 0 Å². The highest BCUT2D eigenvalue weighted by Crippen LogP contribution is 2.12. The van der Waals surface area contributed by atoms with Crippen LogP contribution < -0.4 is 0 Å². The van der Waals surface area contributed by atoms with Crippen molar-refractivity contribution in [1.82, 2.24) is 19.6 Å². The molecule has 0 atom stereocenters. The van der Waals surface area contributed by atoms with Crippen LogP contribution in [0.25, 0.3) is 0 Å². The quantitative estimate of drug-likeness (QED) is 0.0807. The molecule has 1 fully saturated rings. The summed E-state index contributed by atoms with van der Waals surface area (Å²) in [6, 6.07) is 0. The molecule has 0 bridgehead atoms. The van der Waals surface area contributed by atoms with E-state index in [9.17, 15) is 0 Å². The van der Waals surface area contributed by atoms with E-state index in [1.807, 2.05) is 0 Å². The molecule has 0 spiro atoms. The second-order valence-corrected chi connectivity index (χ2v) is 14.4. The van der Waals surface area contributed by atoms with Gasteiger partial charge in [0.05, 0.1) is 0 Å². The number of rotatable bonds is 28. The summed E-state index contributed by atoms with van der Waals surface area (Å²) in [6.07, 6.45) is 33.8. The summed E-state index contributed by atoms with van der Waals surface area (Å²) in [7, 11) is 0. The third kappa shape index (κ3) is 26.0. The van der Waals surface area contributed by atoms with Crippen LogP contribution in [0, 0.1) is 0 Å². The highest BCUT2D eigenvalue weighted by molar-refractivity contribution is 4.73.